The summed E-state index contributed by atoms with van der Waals surface area (Å²) >= 11 is 0. The molecule has 128 valence electrons. The number of likely N-dealkylation sites (tertiary alicyclic amines) is 1. The SMILES string of the molecule is Cc1nc(C2CCCCN2C(=O)CC(C)C2CCCCC2)n[nH]1. The molecule has 23 heavy (non-hydrogen) atoms. The largest absolute Gasteiger partial charge is 0.332 e. The van der Waals surface area contributed by atoms with Crippen LogP contribution in [0.4, 0.5) is 0 Å². The van der Waals surface area contributed by atoms with Gasteiger partial charge in [-0.3, -0.25) is 9.89 Å². The van der Waals surface area contributed by atoms with E-state index in [9.17, 15) is 4.79 Å². The number of nitrogens with zero attached hydrogens (tertiary/aromatic N) is 3. The quantitative estimate of drug-likeness (QED) is 0.919. The van der Waals surface area contributed by atoms with Crippen molar-refractivity contribution in [1.29, 1.82) is 0 Å². The van der Waals surface area contributed by atoms with Gasteiger partial charge >= 0.3 is 0 Å². The Morgan fingerprint density at radius 1 is 1.22 bits per heavy atom. The topological polar surface area (TPSA) is 61.9 Å². The molecule has 2 fully saturated rings. The Kier molecular flexibility index (Phi) is 5.34. The third-order valence-corrected chi connectivity index (χ3v) is 5.69. The van der Waals surface area contributed by atoms with Crippen LogP contribution in [0.25, 0.3) is 0 Å². The predicted molar refractivity (Wildman–Crippen MR) is 89.8 cm³/mol. The first-order valence-corrected chi connectivity index (χ1v) is 9.33. The molecule has 0 aromatic carbocycles. The van der Waals surface area contributed by atoms with Crippen molar-refractivity contribution in [2.45, 2.75) is 77.7 Å². The third-order valence-electron chi connectivity index (χ3n) is 5.69. The van der Waals surface area contributed by atoms with Crippen LogP contribution in [0.15, 0.2) is 0 Å². The lowest BCUT2D eigenvalue weighted by molar-refractivity contribution is -0.136. The van der Waals surface area contributed by atoms with Crippen LogP contribution in [0.5, 0.6) is 0 Å². The minimum atomic E-state index is 0.0692. The van der Waals surface area contributed by atoms with Gasteiger partial charge in [0.25, 0.3) is 0 Å². The van der Waals surface area contributed by atoms with Crippen LogP contribution in [0.1, 0.15) is 82.4 Å². The second-order valence-electron chi connectivity index (χ2n) is 7.46. The number of rotatable bonds is 4. The Balaban J connectivity index is 1.64. The molecule has 1 aromatic rings. The molecule has 5 heteroatoms. The van der Waals surface area contributed by atoms with Gasteiger partial charge in [0, 0.05) is 13.0 Å². The van der Waals surface area contributed by atoms with Crippen LogP contribution in [-0.4, -0.2) is 32.5 Å². The number of aromatic amines is 1. The van der Waals surface area contributed by atoms with Crippen LogP contribution < -0.4 is 0 Å². The molecule has 1 aromatic heterocycles. The number of H-pyrrole nitrogens is 1. The molecular formula is C18H30N4O. The molecule has 2 heterocycles. The second kappa shape index (κ2) is 7.45. The number of piperidine rings is 1. The molecule has 1 amide bonds. The van der Waals surface area contributed by atoms with Crippen molar-refractivity contribution in [2.24, 2.45) is 11.8 Å². The smallest absolute Gasteiger partial charge is 0.223 e. The summed E-state index contributed by atoms with van der Waals surface area (Å²) in [5.74, 6) is 3.16. The average molecular weight is 318 g/mol. The highest BCUT2D eigenvalue weighted by molar-refractivity contribution is 5.77. The van der Waals surface area contributed by atoms with E-state index in [2.05, 4.69) is 22.1 Å². The molecule has 2 atom stereocenters. The number of aryl methyl sites for hydroxylation is 1. The highest BCUT2D eigenvalue weighted by atomic mass is 16.2. The highest BCUT2D eigenvalue weighted by Gasteiger charge is 2.32. The Labute approximate surface area is 139 Å². The summed E-state index contributed by atoms with van der Waals surface area (Å²) in [6.45, 7) is 5.04. The molecule has 1 N–H and O–H groups in total. The van der Waals surface area contributed by atoms with Gasteiger partial charge in [0.15, 0.2) is 5.82 Å². The van der Waals surface area contributed by atoms with Crippen molar-refractivity contribution < 1.29 is 4.79 Å². The van der Waals surface area contributed by atoms with Gasteiger partial charge in [-0.05, 0) is 38.0 Å². The summed E-state index contributed by atoms with van der Waals surface area (Å²) < 4.78 is 0. The Hall–Kier alpha value is -1.39. The molecule has 1 aliphatic heterocycles. The molecule has 0 bridgehead atoms. The minimum Gasteiger partial charge on any atom is -0.332 e. The van der Waals surface area contributed by atoms with E-state index in [-0.39, 0.29) is 6.04 Å². The number of hydrogen-bond acceptors (Lipinski definition) is 3. The lowest BCUT2D eigenvalue weighted by Crippen LogP contribution is -2.40. The van der Waals surface area contributed by atoms with Crippen molar-refractivity contribution in [2.75, 3.05) is 6.54 Å². The van der Waals surface area contributed by atoms with Gasteiger partial charge in [0.05, 0.1) is 6.04 Å². The van der Waals surface area contributed by atoms with E-state index in [4.69, 9.17) is 0 Å². The summed E-state index contributed by atoms with van der Waals surface area (Å²) in [6.07, 6.45) is 10.6. The molecule has 0 spiro atoms. The zero-order chi connectivity index (χ0) is 16.2. The maximum atomic E-state index is 12.9. The molecule has 3 rings (SSSR count). The lowest BCUT2D eigenvalue weighted by Gasteiger charge is -2.36. The minimum absolute atomic E-state index is 0.0692. The highest BCUT2D eigenvalue weighted by Crippen LogP contribution is 2.34. The normalized spacial score (nSPS) is 24.6. The van der Waals surface area contributed by atoms with Gasteiger partial charge in [-0.2, -0.15) is 5.10 Å². The molecule has 1 aliphatic carbocycles. The number of carbonyl (C=O) groups excluding carboxylic acids is 1. The molecule has 1 saturated heterocycles. The molecule has 0 radical (unpaired) electrons. The van der Waals surface area contributed by atoms with E-state index >= 15 is 0 Å². The number of nitrogens with one attached hydrogen (secondary N) is 1. The fourth-order valence-corrected chi connectivity index (χ4v) is 4.27. The van der Waals surface area contributed by atoms with Crippen molar-refractivity contribution in [3.8, 4) is 0 Å². The van der Waals surface area contributed by atoms with Gasteiger partial charge in [-0.15, -0.1) is 0 Å². The first-order valence-electron chi connectivity index (χ1n) is 9.33. The third kappa shape index (κ3) is 3.93. The zero-order valence-corrected chi connectivity index (χ0v) is 14.6. The van der Waals surface area contributed by atoms with Crippen LogP contribution in [-0.2, 0) is 4.79 Å². The summed E-state index contributed by atoms with van der Waals surface area (Å²) in [5, 5.41) is 7.23. The van der Waals surface area contributed by atoms with Crippen LogP contribution >= 0.6 is 0 Å². The van der Waals surface area contributed by atoms with E-state index < -0.39 is 0 Å². The monoisotopic (exact) mass is 318 g/mol. The second-order valence-corrected chi connectivity index (χ2v) is 7.46. The Morgan fingerprint density at radius 3 is 2.65 bits per heavy atom. The van der Waals surface area contributed by atoms with E-state index in [0.29, 0.717) is 18.2 Å². The fraction of sp³-hybridized carbons (Fsp3) is 0.833. The van der Waals surface area contributed by atoms with Gasteiger partial charge < -0.3 is 4.90 Å². The van der Waals surface area contributed by atoms with Crippen LogP contribution in [0, 0.1) is 18.8 Å². The number of aromatic nitrogens is 3. The molecular weight excluding hydrogens is 288 g/mol. The van der Waals surface area contributed by atoms with Gasteiger partial charge in [0.1, 0.15) is 5.82 Å². The standard InChI is InChI=1S/C18H30N4O/c1-13(15-8-4-3-5-9-15)12-17(23)22-11-7-6-10-16(22)18-19-14(2)20-21-18/h13,15-16H,3-12H2,1-2H3,(H,19,20,21). The Bertz CT molecular complexity index is 521. The van der Waals surface area contributed by atoms with E-state index in [0.717, 1.165) is 43.4 Å². The van der Waals surface area contributed by atoms with Gasteiger partial charge in [-0.1, -0.05) is 39.0 Å². The predicted octanol–water partition coefficient (Wildman–Crippen LogP) is 3.77. The average Bonchev–Trinajstić information content (AvgIpc) is 3.02. The van der Waals surface area contributed by atoms with Crippen LogP contribution in [0.2, 0.25) is 0 Å². The van der Waals surface area contributed by atoms with Gasteiger partial charge in [0.2, 0.25) is 5.91 Å². The van der Waals surface area contributed by atoms with Crippen LogP contribution in [0.3, 0.4) is 0 Å². The molecule has 5 nitrogen and oxygen atoms in total. The van der Waals surface area contributed by atoms with Crippen molar-refractivity contribution in [3.05, 3.63) is 11.6 Å². The number of amides is 1. The van der Waals surface area contributed by atoms with E-state index in [1.54, 1.807) is 0 Å². The summed E-state index contributed by atoms with van der Waals surface area (Å²) in [4.78, 5) is 19.4. The molecule has 1 saturated carbocycles. The maximum absolute atomic E-state index is 12.9. The van der Waals surface area contributed by atoms with Crippen molar-refractivity contribution in [1.82, 2.24) is 20.1 Å². The number of carbonyl (C=O) groups is 1. The number of hydrogen-bond donors (Lipinski definition) is 1. The lowest BCUT2D eigenvalue weighted by atomic mass is 9.79. The summed E-state index contributed by atoms with van der Waals surface area (Å²) in [6, 6.07) is 0.0692. The van der Waals surface area contributed by atoms with E-state index in [1.165, 1.54) is 32.1 Å². The van der Waals surface area contributed by atoms with Crippen molar-refractivity contribution >= 4 is 5.91 Å². The van der Waals surface area contributed by atoms with Crippen molar-refractivity contribution in [3.63, 3.8) is 0 Å². The van der Waals surface area contributed by atoms with E-state index in [1.807, 2.05) is 11.8 Å². The molecule has 2 aliphatic rings. The summed E-state index contributed by atoms with van der Waals surface area (Å²) in [7, 11) is 0. The Morgan fingerprint density at radius 2 is 1.96 bits per heavy atom. The maximum Gasteiger partial charge on any atom is 0.223 e. The van der Waals surface area contributed by atoms with Gasteiger partial charge in [-0.25, -0.2) is 4.98 Å². The molecule has 2 unspecified atom stereocenters. The first kappa shape index (κ1) is 16.5. The fourth-order valence-electron chi connectivity index (χ4n) is 4.27. The summed E-state index contributed by atoms with van der Waals surface area (Å²) in [5.41, 5.74) is 0. The zero-order valence-electron chi connectivity index (χ0n) is 14.6. The first-order chi connectivity index (χ1) is 11.1.